The van der Waals surface area contributed by atoms with Crippen LogP contribution in [0, 0.1) is 11.3 Å². The number of hydrogen-bond donors (Lipinski definition) is 1. The van der Waals surface area contributed by atoms with Crippen LogP contribution in [-0.4, -0.2) is 43.2 Å². The first kappa shape index (κ1) is 16.3. The van der Waals surface area contributed by atoms with Crippen LogP contribution in [0.5, 0.6) is 0 Å². The highest BCUT2D eigenvalue weighted by Gasteiger charge is 2.62. The van der Waals surface area contributed by atoms with Gasteiger partial charge >= 0.3 is 6.18 Å². The van der Waals surface area contributed by atoms with Crippen molar-refractivity contribution in [2.24, 2.45) is 11.3 Å². The van der Waals surface area contributed by atoms with E-state index in [0.29, 0.717) is 12.3 Å². The third-order valence-corrected chi connectivity index (χ3v) is 3.90. The molecule has 0 bridgehead atoms. The molecular weight excluding hydrogens is 257 g/mol. The lowest BCUT2D eigenvalue weighted by Crippen LogP contribution is -2.54. The zero-order valence-electron chi connectivity index (χ0n) is 12.0. The van der Waals surface area contributed by atoms with Gasteiger partial charge in [-0.1, -0.05) is 13.8 Å². The average molecular weight is 280 g/mol. The molecule has 0 aromatic heterocycles. The molecular formula is C13H23F3N2O. The molecule has 0 aliphatic carbocycles. The van der Waals surface area contributed by atoms with Gasteiger partial charge in [0.1, 0.15) is 0 Å². The normalized spacial score (nSPS) is 25.7. The Morgan fingerprint density at radius 2 is 1.95 bits per heavy atom. The minimum absolute atomic E-state index is 0.173. The van der Waals surface area contributed by atoms with Crippen LogP contribution in [0.15, 0.2) is 0 Å². The molecule has 2 unspecified atom stereocenters. The molecule has 3 nitrogen and oxygen atoms in total. The van der Waals surface area contributed by atoms with Crippen molar-refractivity contribution >= 4 is 5.91 Å². The van der Waals surface area contributed by atoms with E-state index in [9.17, 15) is 18.0 Å². The van der Waals surface area contributed by atoms with Crippen molar-refractivity contribution in [3.05, 3.63) is 0 Å². The van der Waals surface area contributed by atoms with Crippen molar-refractivity contribution in [1.82, 2.24) is 10.2 Å². The van der Waals surface area contributed by atoms with Gasteiger partial charge in [0, 0.05) is 19.6 Å². The van der Waals surface area contributed by atoms with Crippen LogP contribution in [0.2, 0.25) is 0 Å². The van der Waals surface area contributed by atoms with Crippen molar-refractivity contribution in [1.29, 1.82) is 0 Å². The molecule has 0 saturated carbocycles. The summed E-state index contributed by atoms with van der Waals surface area (Å²) in [6, 6.07) is -0.188. The molecule has 1 heterocycles. The van der Waals surface area contributed by atoms with E-state index >= 15 is 0 Å². The molecule has 112 valence electrons. The number of nitrogens with zero attached hydrogens (tertiary/aromatic N) is 1. The molecule has 2 atom stereocenters. The first-order valence-electron chi connectivity index (χ1n) is 6.66. The minimum Gasteiger partial charge on any atom is -0.342 e. The average Bonchev–Trinajstić information content (AvgIpc) is 2.75. The van der Waals surface area contributed by atoms with E-state index < -0.39 is 17.5 Å². The van der Waals surface area contributed by atoms with Gasteiger partial charge in [0.25, 0.3) is 0 Å². The summed E-state index contributed by atoms with van der Waals surface area (Å²) < 4.78 is 39.8. The van der Waals surface area contributed by atoms with Gasteiger partial charge in [0.15, 0.2) is 5.41 Å². The first-order chi connectivity index (χ1) is 8.62. The smallest absolute Gasteiger partial charge is 0.342 e. The van der Waals surface area contributed by atoms with Gasteiger partial charge in [-0.05, 0) is 32.2 Å². The van der Waals surface area contributed by atoms with Crippen molar-refractivity contribution in [3.8, 4) is 0 Å². The Balaban J connectivity index is 2.89. The Kier molecular flexibility index (Phi) is 4.87. The van der Waals surface area contributed by atoms with Gasteiger partial charge in [-0.3, -0.25) is 4.79 Å². The van der Waals surface area contributed by atoms with Gasteiger partial charge in [0.2, 0.25) is 5.91 Å². The highest BCUT2D eigenvalue weighted by Crippen LogP contribution is 2.44. The monoisotopic (exact) mass is 280 g/mol. The maximum absolute atomic E-state index is 13.3. The lowest BCUT2D eigenvalue weighted by Gasteiger charge is -2.36. The first-order valence-corrected chi connectivity index (χ1v) is 6.66. The number of amides is 1. The summed E-state index contributed by atoms with van der Waals surface area (Å²) in [5.74, 6) is -0.466. The lowest BCUT2D eigenvalue weighted by atomic mass is 9.84. The summed E-state index contributed by atoms with van der Waals surface area (Å²) in [5.41, 5.74) is -2.24. The quantitative estimate of drug-likeness (QED) is 0.857. The van der Waals surface area contributed by atoms with Crippen molar-refractivity contribution in [2.45, 2.75) is 45.8 Å². The van der Waals surface area contributed by atoms with Crippen LogP contribution in [-0.2, 0) is 4.79 Å². The van der Waals surface area contributed by atoms with E-state index in [0.717, 1.165) is 0 Å². The molecule has 1 amide bonds. The molecule has 1 aliphatic heterocycles. The third-order valence-electron chi connectivity index (χ3n) is 3.90. The maximum Gasteiger partial charge on any atom is 0.404 e. The summed E-state index contributed by atoms with van der Waals surface area (Å²) in [5, 5.41) is 2.67. The van der Waals surface area contributed by atoms with Crippen LogP contribution in [0.4, 0.5) is 13.2 Å². The number of nitrogens with one attached hydrogen (secondary N) is 1. The molecule has 0 aromatic carbocycles. The van der Waals surface area contributed by atoms with Crippen LogP contribution < -0.4 is 5.32 Å². The second-order valence-corrected chi connectivity index (χ2v) is 5.90. The summed E-state index contributed by atoms with van der Waals surface area (Å²) in [6.45, 7) is 5.70. The van der Waals surface area contributed by atoms with E-state index in [1.54, 1.807) is 6.92 Å². The summed E-state index contributed by atoms with van der Waals surface area (Å²) in [7, 11) is 1.47. The number of carbonyl (C=O) groups is 1. The fourth-order valence-electron chi connectivity index (χ4n) is 2.62. The molecule has 19 heavy (non-hydrogen) atoms. The largest absolute Gasteiger partial charge is 0.404 e. The number of rotatable bonds is 4. The minimum atomic E-state index is -4.50. The Morgan fingerprint density at radius 1 is 1.37 bits per heavy atom. The SMILES string of the molecule is CC(C)CC(C)N(C)C(=O)C1(C(F)(F)F)CCNC1. The van der Waals surface area contributed by atoms with E-state index in [4.69, 9.17) is 0 Å². The topological polar surface area (TPSA) is 32.3 Å². The van der Waals surface area contributed by atoms with Crippen LogP contribution in [0.1, 0.15) is 33.6 Å². The Hall–Kier alpha value is -0.780. The van der Waals surface area contributed by atoms with Crippen molar-refractivity contribution < 1.29 is 18.0 Å². The van der Waals surface area contributed by atoms with Gasteiger partial charge in [-0.2, -0.15) is 13.2 Å². The fraction of sp³-hybridized carbons (Fsp3) is 0.923. The van der Waals surface area contributed by atoms with Crippen LogP contribution in [0.25, 0.3) is 0 Å². The van der Waals surface area contributed by atoms with Crippen molar-refractivity contribution in [2.75, 3.05) is 20.1 Å². The molecule has 1 rings (SSSR count). The summed E-state index contributed by atoms with van der Waals surface area (Å²) >= 11 is 0. The molecule has 1 fully saturated rings. The maximum atomic E-state index is 13.3. The molecule has 1 aliphatic rings. The third kappa shape index (κ3) is 3.22. The molecule has 0 spiro atoms. The highest BCUT2D eigenvalue weighted by atomic mass is 19.4. The Bertz CT molecular complexity index is 322. The number of halogens is 3. The van der Waals surface area contributed by atoms with Crippen LogP contribution >= 0.6 is 0 Å². The van der Waals surface area contributed by atoms with E-state index in [-0.39, 0.29) is 25.6 Å². The summed E-state index contributed by atoms with van der Waals surface area (Å²) in [6.07, 6.45) is -3.98. The zero-order chi connectivity index (χ0) is 14.8. The van der Waals surface area contributed by atoms with E-state index in [1.165, 1.54) is 11.9 Å². The van der Waals surface area contributed by atoms with Gasteiger partial charge in [-0.25, -0.2) is 0 Å². The molecule has 1 saturated heterocycles. The number of carbonyl (C=O) groups excluding carboxylic acids is 1. The van der Waals surface area contributed by atoms with Crippen molar-refractivity contribution in [3.63, 3.8) is 0 Å². The van der Waals surface area contributed by atoms with Gasteiger partial charge < -0.3 is 10.2 Å². The standard InChI is InChI=1S/C13H23F3N2O/c1-9(2)7-10(3)18(4)11(19)12(13(14,15)16)5-6-17-8-12/h9-10,17H,5-8H2,1-4H3. The molecule has 1 N–H and O–H groups in total. The number of hydrogen-bond acceptors (Lipinski definition) is 2. The van der Waals surface area contributed by atoms with Gasteiger partial charge in [0.05, 0.1) is 0 Å². The number of alkyl halides is 3. The fourth-order valence-corrected chi connectivity index (χ4v) is 2.62. The van der Waals surface area contributed by atoms with Crippen LogP contribution in [0.3, 0.4) is 0 Å². The molecule has 0 radical (unpaired) electrons. The lowest BCUT2D eigenvalue weighted by molar-refractivity contribution is -0.222. The zero-order valence-corrected chi connectivity index (χ0v) is 12.0. The predicted octanol–water partition coefficient (Wildman–Crippen LogP) is 2.42. The predicted molar refractivity (Wildman–Crippen MR) is 67.7 cm³/mol. The van der Waals surface area contributed by atoms with Gasteiger partial charge in [-0.15, -0.1) is 0 Å². The second kappa shape index (κ2) is 5.69. The molecule has 6 heteroatoms. The van der Waals surface area contributed by atoms with E-state index in [2.05, 4.69) is 5.32 Å². The second-order valence-electron chi connectivity index (χ2n) is 5.90. The Labute approximate surface area is 112 Å². The molecule has 0 aromatic rings. The highest BCUT2D eigenvalue weighted by molar-refractivity contribution is 5.84. The Morgan fingerprint density at radius 3 is 2.32 bits per heavy atom. The summed E-state index contributed by atoms with van der Waals surface area (Å²) in [4.78, 5) is 13.6. The van der Waals surface area contributed by atoms with E-state index in [1.807, 2.05) is 13.8 Å².